The number of hydrogen-bond donors (Lipinski definition) is 1. The van der Waals surface area contributed by atoms with E-state index in [-0.39, 0.29) is 24.8 Å². The molecular formula is C14H20N2O2. The highest BCUT2D eigenvalue weighted by Gasteiger charge is 2.11. The van der Waals surface area contributed by atoms with Gasteiger partial charge in [-0.15, -0.1) is 0 Å². The predicted octanol–water partition coefficient (Wildman–Crippen LogP) is 1.33. The standard InChI is InChI=1S/C14H20N2O2/c1-3-9-15-14(18)11-16(2)10-13(17)12-7-5-4-6-8-12/h4-8H,3,9-11H2,1-2H3,(H,15,18). The second kappa shape index (κ2) is 7.61. The van der Waals surface area contributed by atoms with Crippen LogP contribution < -0.4 is 5.32 Å². The van der Waals surface area contributed by atoms with Crippen LogP contribution in [0.25, 0.3) is 0 Å². The van der Waals surface area contributed by atoms with E-state index in [1.54, 1.807) is 24.1 Å². The molecule has 98 valence electrons. The summed E-state index contributed by atoms with van der Waals surface area (Å²) in [5.74, 6) is -0.0124. The number of nitrogens with one attached hydrogen (secondary N) is 1. The van der Waals surface area contributed by atoms with Crippen LogP contribution in [-0.2, 0) is 4.79 Å². The molecule has 0 fully saturated rings. The van der Waals surface area contributed by atoms with Crippen molar-refractivity contribution < 1.29 is 9.59 Å². The Morgan fingerprint density at radius 2 is 1.83 bits per heavy atom. The maximum absolute atomic E-state index is 11.9. The van der Waals surface area contributed by atoms with Crippen molar-refractivity contribution in [2.45, 2.75) is 13.3 Å². The SMILES string of the molecule is CCCNC(=O)CN(C)CC(=O)c1ccccc1. The Morgan fingerprint density at radius 3 is 2.44 bits per heavy atom. The summed E-state index contributed by atoms with van der Waals surface area (Å²) in [5, 5.41) is 2.78. The minimum absolute atomic E-state index is 0.0291. The van der Waals surface area contributed by atoms with Gasteiger partial charge in [0.15, 0.2) is 5.78 Å². The molecule has 0 radical (unpaired) electrons. The number of ketones is 1. The Kier molecular flexibility index (Phi) is 6.08. The molecule has 0 spiro atoms. The molecule has 0 saturated carbocycles. The van der Waals surface area contributed by atoms with E-state index < -0.39 is 0 Å². The van der Waals surface area contributed by atoms with E-state index in [0.717, 1.165) is 6.42 Å². The van der Waals surface area contributed by atoms with E-state index in [2.05, 4.69) is 5.32 Å². The number of Topliss-reactive ketones (excluding diaryl/α,β-unsaturated/α-hetero) is 1. The minimum Gasteiger partial charge on any atom is -0.355 e. The second-order valence-corrected chi connectivity index (χ2v) is 4.31. The van der Waals surface area contributed by atoms with E-state index in [1.165, 1.54) is 0 Å². The number of rotatable bonds is 7. The van der Waals surface area contributed by atoms with Crippen molar-refractivity contribution in [2.24, 2.45) is 0 Å². The van der Waals surface area contributed by atoms with Crippen LogP contribution in [0.15, 0.2) is 30.3 Å². The van der Waals surface area contributed by atoms with Crippen molar-refractivity contribution >= 4 is 11.7 Å². The lowest BCUT2D eigenvalue weighted by Gasteiger charge is -2.15. The van der Waals surface area contributed by atoms with Crippen LogP contribution in [0.3, 0.4) is 0 Å². The molecule has 0 unspecified atom stereocenters. The summed E-state index contributed by atoms with van der Waals surface area (Å²) in [6.07, 6.45) is 0.915. The fourth-order valence-electron chi connectivity index (χ4n) is 1.58. The summed E-state index contributed by atoms with van der Waals surface area (Å²) in [4.78, 5) is 25.1. The average Bonchev–Trinajstić information content (AvgIpc) is 2.37. The van der Waals surface area contributed by atoms with Crippen LogP contribution in [0.1, 0.15) is 23.7 Å². The average molecular weight is 248 g/mol. The van der Waals surface area contributed by atoms with Crippen molar-refractivity contribution in [2.75, 3.05) is 26.7 Å². The Bertz CT molecular complexity index is 390. The van der Waals surface area contributed by atoms with E-state index in [1.807, 2.05) is 25.1 Å². The number of benzene rings is 1. The molecule has 1 aromatic carbocycles. The van der Waals surface area contributed by atoms with Crippen molar-refractivity contribution in [1.82, 2.24) is 10.2 Å². The van der Waals surface area contributed by atoms with E-state index in [0.29, 0.717) is 12.1 Å². The van der Waals surface area contributed by atoms with Crippen molar-refractivity contribution in [3.05, 3.63) is 35.9 Å². The molecule has 0 aliphatic rings. The molecule has 1 rings (SSSR count). The van der Waals surface area contributed by atoms with Gasteiger partial charge < -0.3 is 5.32 Å². The second-order valence-electron chi connectivity index (χ2n) is 4.31. The number of amides is 1. The molecule has 0 saturated heterocycles. The maximum atomic E-state index is 11.9. The van der Waals surface area contributed by atoms with Crippen LogP contribution in [-0.4, -0.2) is 43.3 Å². The van der Waals surface area contributed by atoms with E-state index in [4.69, 9.17) is 0 Å². The summed E-state index contributed by atoms with van der Waals surface area (Å²) >= 11 is 0. The van der Waals surface area contributed by atoms with Gasteiger partial charge in [0, 0.05) is 12.1 Å². The van der Waals surface area contributed by atoms with Crippen molar-refractivity contribution in [3.63, 3.8) is 0 Å². The van der Waals surface area contributed by atoms with Crippen molar-refractivity contribution in [1.29, 1.82) is 0 Å². The predicted molar refractivity (Wildman–Crippen MR) is 71.6 cm³/mol. The van der Waals surface area contributed by atoms with Gasteiger partial charge in [0.2, 0.25) is 5.91 Å². The molecule has 1 aromatic rings. The molecule has 0 heterocycles. The number of carbonyl (C=O) groups excluding carboxylic acids is 2. The van der Waals surface area contributed by atoms with Crippen LogP contribution in [0, 0.1) is 0 Å². The zero-order chi connectivity index (χ0) is 13.4. The Balaban J connectivity index is 2.38. The van der Waals surface area contributed by atoms with Crippen LogP contribution in [0.2, 0.25) is 0 Å². The fourth-order valence-corrected chi connectivity index (χ4v) is 1.58. The summed E-state index contributed by atoms with van der Waals surface area (Å²) in [6.45, 7) is 3.18. The van der Waals surface area contributed by atoms with Crippen molar-refractivity contribution in [3.8, 4) is 0 Å². The molecule has 0 atom stereocenters. The first-order valence-corrected chi connectivity index (χ1v) is 6.17. The summed E-state index contributed by atoms with van der Waals surface area (Å²) in [6, 6.07) is 9.11. The van der Waals surface area contributed by atoms with Gasteiger partial charge in [0.1, 0.15) is 0 Å². The third-order valence-electron chi connectivity index (χ3n) is 2.49. The van der Waals surface area contributed by atoms with E-state index in [9.17, 15) is 9.59 Å². The third-order valence-corrected chi connectivity index (χ3v) is 2.49. The molecule has 18 heavy (non-hydrogen) atoms. The first-order valence-electron chi connectivity index (χ1n) is 6.17. The lowest BCUT2D eigenvalue weighted by atomic mass is 10.1. The largest absolute Gasteiger partial charge is 0.355 e. The highest BCUT2D eigenvalue weighted by Crippen LogP contribution is 2.00. The Morgan fingerprint density at radius 1 is 1.17 bits per heavy atom. The van der Waals surface area contributed by atoms with Gasteiger partial charge in [-0.2, -0.15) is 0 Å². The number of likely N-dealkylation sites (N-methyl/N-ethyl adjacent to an activating group) is 1. The first-order chi connectivity index (χ1) is 8.63. The van der Waals surface area contributed by atoms with Gasteiger partial charge in [-0.3, -0.25) is 14.5 Å². The Hall–Kier alpha value is -1.68. The molecule has 0 aliphatic carbocycles. The highest BCUT2D eigenvalue weighted by atomic mass is 16.2. The quantitative estimate of drug-likeness (QED) is 0.741. The minimum atomic E-state index is -0.0415. The number of nitrogens with zero attached hydrogens (tertiary/aromatic N) is 1. The lowest BCUT2D eigenvalue weighted by molar-refractivity contribution is -0.121. The maximum Gasteiger partial charge on any atom is 0.234 e. The molecular weight excluding hydrogens is 228 g/mol. The lowest BCUT2D eigenvalue weighted by Crippen LogP contribution is -2.37. The van der Waals surface area contributed by atoms with Crippen LogP contribution >= 0.6 is 0 Å². The number of hydrogen-bond acceptors (Lipinski definition) is 3. The topological polar surface area (TPSA) is 49.4 Å². The molecule has 1 N–H and O–H groups in total. The summed E-state index contributed by atoms with van der Waals surface area (Å²) < 4.78 is 0. The van der Waals surface area contributed by atoms with Crippen LogP contribution in [0.4, 0.5) is 0 Å². The zero-order valence-corrected chi connectivity index (χ0v) is 11.0. The van der Waals surface area contributed by atoms with Gasteiger partial charge >= 0.3 is 0 Å². The highest BCUT2D eigenvalue weighted by molar-refractivity contribution is 5.97. The molecule has 4 heteroatoms. The first kappa shape index (κ1) is 14.4. The molecule has 4 nitrogen and oxygen atoms in total. The Labute approximate surface area is 108 Å². The summed E-state index contributed by atoms with van der Waals surface area (Å²) in [7, 11) is 1.77. The van der Waals surface area contributed by atoms with Crippen LogP contribution in [0.5, 0.6) is 0 Å². The molecule has 0 aromatic heterocycles. The summed E-state index contributed by atoms with van der Waals surface area (Å²) in [5.41, 5.74) is 0.679. The smallest absolute Gasteiger partial charge is 0.234 e. The van der Waals surface area contributed by atoms with Gasteiger partial charge in [-0.1, -0.05) is 37.3 Å². The monoisotopic (exact) mass is 248 g/mol. The molecule has 0 aliphatic heterocycles. The molecule has 0 bridgehead atoms. The van der Waals surface area contributed by atoms with Gasteiger partial charge in [-0.25, -0.2) is 0 Å². The fraction of sp³-hybridized carbons (Fsp3) is 0.429. The van der Waals surface area contributed by atoms with Gasteiger partial charge in [0.25, 0.3) is 0 Å². The van der Waals surface area contributed by atoms with Gasteiger partial charge in [0.05, 0.1) is 13.1 Å². The normalized spacial score (nSPS) is 10.4. The van der Waals surface area contributed by atoms with Gasteiger partial charge in [-0.05, 0) is 13.5 Å². The zero-order valence-electron chi connectivity index (χ0n) is 11.0. The van der Waals surface area contributed by atoms with E-state index >= 15 is 0 Å². The molecule has 1 amide bonds. The number of carbonyl (C=O) groups is 2. The third kappa shape index (κ3) is 5.10.